The zero-order valence-corrected chi connectivity index (χ0v) is 14.0. The lowest BCUT2D eigenvalue weighted by Crippen LogP contribution is -2.55. The molecule has 1 amide bonds. The van der Waals surface area contributed by atoms with Crippen molar-refractivity contribution >= 4 is 5.91 Å². The SMILES string of the molecule is O=C(NCC1(Cc2ccccc2)CCC1)C12CCCN1CCC2. The molecule has 2 heterocycles. The highest BCUT2D eigenvalue weighted by molar-refractivity contribution is 5.87. The summed E-state index contributed by atoms with van der Waals surface area (Å²) in [6, 6.07) is 10.8. The lowest BCUT2D eigenvalue weighted by atomic mass is 9.65. The topological polar surface area (TPSA) is 32.3 Å². The molecule has 4 rings (SSSR count). The molecule has 1 N–H and O–H groups in total. The van der Waals surface area contributed by atoms with E-state index in [-0.39, 0.29) is 5.54 Å². The van der Waals surface area contributed by atoms with E-state index in [1.807, 2.05) is 0 Å². The summed E-state index contributed by atoms with van der Waals surface area (Å²) in [5, 5.41) is 3.37. The molecule has 3 aliphatic rings. The molecule has 0 radical (unpaired) electrons. The Hall–Kier alpha value is -1.35. The van der Waals surface area contributed by atoms with Gasteiger partial charge in [0.05, 0.1) is 0 Å². The van der Waals surface area contributed by atoms with Gasteiger partial charge in [0.1, 0.15) is 5.54 Å². The summed E-state index contributed by atoms with van der Waals surface area (Å²) in [4.78, 5) is 15.4. The van der Waals surface area contributed by atoms with E-state index in [0.29, 0.717) is 11.3 Å². The molecule has 0 atom stereocenters. The van der Waals surface area contributed by atoms with E-state index >= 15 is 0 Å². The van der Waals surface area contributed by atoms with Crippen LogP contribution in [0.25, 0.3) is 0 Å². The summed E-state index contributed by atoms with van der Waals surface area (Å²) < 4.78 is 0. The standard InChI is InChI=1S/C20H28N2O/c23-18(20-11-5-13-22(20)14-6-12-20)21-16-19(9-4-10-19)15-17-7-2-1-3-8-17/h1-3,7-8H,4-6,9-16H2,(H,21,23). The van der Waals surface area contributed by atoms with Gasteiger partial charge in [-0.15, -0.1) is 0 Å². The fraction of sp³-hybridized carbons (Fsp3) is 0.650. The molecule has 2 saturated heterocycles. The fourth-order valence-corrected chi connectivity index (χ4v) is 5.03. The molecule has 3 nitrogen and oxygen atoms in total. The van der Waals surface area contributed by atoms with Crippen LogP contribution in [0, 0.1) is 5.41 Å². The lowest BCUT2D eigenvalue weighted by Gasteiger charge is -2.43. The first-order valence-corrected chi connectivity index (χ1v) is 9.30. The van der Waals surface area contributed by atoms with Crippen LogP contribution in [0.4, 0.5) is 0 Å². The minimum absolute atomic E-state index is 0.155. The molecule has 0 unspecified atom stereocenters. The summed E-state index contributed by atoms with van der Waals surface area (Å²) in [6.07, 6.45) is 9.39. The van der Waals surface area contributed by atoms with Gasteiger partial charge >= 0.3 is 0 Å². The molecule has 1 aliphatic carbocycles. The second-order valence-electron chi connectivity index (χ2n) is 7.92. The Kier molecular flexibility index (Phi) is 3.92. The Balaban J connectivity index is 1.40. The molecule has 2 aliphatic heterocycles. The third-order valence-electron chi connectivity index (χ3n) is 6.52. The Morgan fingerprint density at radius 2 is 1.70 bits per heavy atom. The van der Waals surface area contributed by atoms with Crippen molar-refractivity contribution in [2.45, 2.75) is 56.9 Å². The number of benzene rings is 1. The highest BCUT2D eigenvalue weighted by atomic mass is 16.2. The Morgan fingerprint density at radius 3 is 2.30 bits per heavy atom. The minimum Gasteiger partial charge on any atom is -0.354 e. The van der Waals surface area contributed by atoms with Crippen LogP contribution in [-0.4, -0.2) is 36.0 Å². The molecular formula is C20H28N2O. The van der Waals surface area contributed by atoms with Gasteiger partial charge in [-0.05, 0) is 69.0 Å². The first-order chi connectivity index (χ1) is 11.2. The van der Waals surface area contributed by atoms with Crippen molar-refractivity contribution < 1.29 is 4.79 Å². The third-order valence-corrected chi connectivity index (χ3v) is 6.52. The smallest absolute Gasteiger partial charge is 0.240 e. The average Bonchev–Trinajstić information content (AvgIpc) is 3.11. The average molecular weight is 312 g/mol. The molecule has 0 spiro atoms. The molecule has 1 aromatic carbocycles. The van der Waals surface area contributed by atoms with E-state index in [9.17, 15) is 4.79 Å². The quantitative estimate of drug-likeness (QED) is 0.906. The molecular weight excluding hydrogens is 284 g/mol. The van der Waals surface area contributed by atoms with Crippen molar-refractivity contribution in [1.82, 2.24) is 10.2 Å². The molecule has 0 bridgehead atoms. The lowest BCUT2D eigenvalue weighted by molar-refractivity contribution is -0.131. The van der Waals surface area contributed by atoms with Crippen molar-refractivity contribution in [1.29, 1.82) is 0 Å². The summed E-state index contributed by atoms with van der Waals surface area (Å²) in [6.45, 7) is 3.08. The maximum Gasteiger partial charge on any atom is 0.240 e. The van der Waals surface area contributed by atoms with Crippen LogP contribution < -0.4 is 5.32 Å². The Morgan fingerprint density at radius 1 is 1.00 bits per heavy atom. The molecule has 0 aromatic heterocycles. The Bertz CT molecular complexity index is 554. The number of nitrogens with one attached hydrogen (secondary N) is 1. The first kappa shape index (κ1) is 15.2. The van der Waals surface area contributed by atoms with Gasteiger partial charge in [-0.2, -0.15) is 0 Å². The van der Waals surface area contributed by atoms with Gasteiger partial charge in [0, 0.05) is 6.54 Å². The van der Waals surface area contributed by atoms with Crippen LogP contribution in [-0.2, 0) is 11.2 Å². The van der Waals surface area contributed by atoms with Gasteiger partial charge in [0.25, 0.3) is 0 Å². The van der Waals surface area contributed by atoms with Gasteiger partial charge in [-0.25, -0.2) is 0 Å². The van der Waals surface area contributed by atoms with Crippen molar-refractivity contribution in [2.24, 2.45) is 5.41 Å². The highest BCUT2D eigenvalue weighted by Gasteiger charge is 2.50. The van der Waals surface area contributed by atoms with E-state index in [1.165, 1.54) is 37.7 Å². The molecule has 124 valence electrons. The van der Waals surface area contributed by atoms with Gasteiger partial charge in [0.15, 0.2) is 0 Å². The molecule has 1 saturated carbocycles. The molecule has 1 aromatic rings. The van der Waals surface area contributed by atoms with Crippen molar-refractivity contribution in [3.05, 3.63) is 35.9 Å². The monoisotopic (exact) mass is 312 g/mol. The van der Waals surface area contributed by atoms with Crippen molar-refractivity contribution in [3.8, 4) is 0 Å². The van der Waals surface area contributed by atoms with Gasteiger partial charge in [-0.1, -0.05) is 36.8 Å². The van der Waals surface area contributed by atoms with Crippen LogP contribution in [0.5, 0.6) is 0 Å². The Labute approximate surface area is 139 Å². The second-order valence-corrected chi connectivity index (χ2v) is 7.92. The highest BCUT2D eigenvalue weighted by Crippen LogP contribution is 2.44. The zero-order valence-electron chi connectivity index (χ0n) is 14.0. The number of rotatable bonds is 5. The van der Waals surface area contributed by atoms with Gasteiger partial charge < -0.3 is 5.32 Å². The van der Waals surface area contributed by atoms with E-state index < -0.39 is 0 Å². The van der Waals surface area contributed by atoms with Crippen LogP contribution in [0.2, 0.25) is 0 Å². The van der Waals surface area contributed by atoms with E-state index in [4.69, 9.17) is 0 Å². The first-order valence-electron chi connectivity index (χ1n) is 9.30. The molecule has 3 heteroatoms. The number of carbonyl (C=O) groups is 1. The van der Waals surface area contributed by atoms with Crippen LogP contribution in [0.15, 0.2) is 30.3 Å². The van der Waals surface area contributed by atoms with Gasteiger partial charge in [-0.3, -0.25) is 9.69 Å². The number of hydrogen-bond donors (Lipinski definition) is 1. The van der Waals surface area contributed by atoms with Gasteiger partial charge in [0.2, 0.25) is 5.91 Å². The number of nitrogens with zero attached hydrogens (tertiary/aromatic N) is 1. The van der Waals surface area contributed by atoms with Crippen LogP contribution in [0.1, 0.15) is 50.5 Å². The number of amides is 1. The predicted molar refractivity (Wildman–Crippen MR) is 92.2 cm³/mol. The zero-order chi connectivity index (χ0) is 15.8. The summed E-state index contributed by atoms with van der Waals surface area (Å²) in [7, 11) is 0. The second kappa shape index (κ2) is 5.94. The largest absolute Gasteiger partial charge is 0.354 e. The molecule has 3 fully saturated rings. The van der Waals surface area contributed by atoms with Crippen LogP contribution >= 0.6 is 0 Å². The summed E-state index contributed by atoms with van der Waals surface area (Å²) >= 11 is 0. The minimum atomic E-state index is -0.155. The predicted octanol–water partition coefficient (Wildman–Crippen LogP) is 3.14. The van der Waals surface area contributed by atoms with Crippen molar-refractivity contribution in [2.75, 3.05) is 19.6 Å². The van der Waals surface area contributed by atoms with Crippen molar-refractivity contribution in [3.63, 3.8) is 0 Å². The fourth-order valence-electron chi connectivity index (χ4n) is 5.03. The van der Waals surface area contributed by atoms with E-state index in [0.717, 1.165) is 38.9 Å². The summed E-state index contributed by atoms with van der Waals surface area (Å²) in [5.74, 6) is 0.312. The number of hydrogen-bond acceptors (Lipinski definition) is 2. The van der Waals surface area contributed by atoms with Crippen LogP contribution in [0.3, 0.4) is 0 Å². The molecule has 23 heavy (non-hydrogen) atoms. The van der Waals surface area contributed by atoms with E-state index in [2.05, 4.69) is 40.5 Å². The summed E-state index contributed by atoms with van der Waals surface area (Å²) in [5.41, 5.74) is 1.55. The number of carbonyl (C=O) groups excluding carboxylic acids is 1. The number of fused-ring (bicyclic) bond motifs is 1. The maximum absolute atomic E-state index is 12.9. The normalized spacial score (nSPS) is 24.9. The van der Waals surface area contributed by atoms with E-state index in [1.54, 1.807) is 0 Å². The maximum atomic E-state index is 12.9. The third kappa shape index (κ3) is 2.69.